The molecule has 0 fully saturated rings. The normalized spacial score (nSPS) is 10.9. The van der Waals surface area contributed by atoms with Crippen LogP contribution < -0.4 is 10.6 Å². The predicted octanol–water partition coefficient (Wildman–Crippen LogP) is 4.86. The van der Waals surface area contributed by atoms with Crippen molar-refractivity contribution in [1.29, 1.82) is 0 Å². The van der Waals surface area contributed by atoms with Gasteiger partial charge in [-0.1, -0.05) is 22.0 Å². The van der Waals surface area contributed by atoms with Crippen LogP contribution in [0.25, 0.3) is 10.2 Å². The van der Waals surface area contributed by atoms with Gasteiger partial charge in [0.05, 0.1) is 5.39 Å². The Morgan fingerprint density at radius 1 is 1.14 bits per heavy atom. The minimum absolute atomic E-state index is 0.623. The van der Waals surface area contributed by atoms with Gasteiger partial charge >= 0.3 is 0 Å². The topological polar surface area (TPSA) is 49.8 Å². The summed E-state index contributed by atoms with van der Waals surface area (Å²) in [4.78, 5) is 11.2. The van der Waals surface area contributed by atoms with Crippen molar-refractivity contribution in [1.82, 2.24) is 9.97 Å². The number of nitrogens with one attached hydrogen (secondary N) is 2. The summed E-state index contributed by atoms with van der Waals surface area (Å²) < 4.78 is 1.08. The van der Waals surface area contributed by atoms with Gasteiger partial charge in [0, 0.05) is 22.1 Å². The van der Waals surface area contributed by atoms with E-state index in [1.165, 1.54) is 10.4 Å². The molecule has 1 aromatic carbocycles. The quantitative estimate of drug-likeness (QED) is 0.698. The van der Waals surface area contributed by atoms with Crippen LogP contribution in [0.5, 0.6) is 0 Å². The Morgan fingerprint density at radius 2 is 1.95 bits per heavy atom. The molecule has 108 valence electrons. The van der Waals surface area contributed by atoms with Gasteiger partial charge in [-0.2, -0.15) is 4.98 Å². The Bertz CT molecular complexity index is 813. The van der Waals surface area contributed by atoms with E-state index in [0.29, 0.717) is 5.95 Å². The van der Waals surface area contributed by atoms with Crippen LogP contribution in [0.2, 0.25) is 0 Å². The highest BCUT2D eigenvalue weighted by molar-refractivity contribution is 9.10. The average Bonchev–Trinajstić information content (AvgIpc) is 2.83. The third-order valence-electron chi connectivity index (χ3n) is 3.17. The second-order valence-electron chi connectivity index (χ2n) is 4.81. The minimum atomic E-state index is 0.623. The molecule has 3 rings (SSSR count). The monoisotopic (exact) mass is 362 g/mol. The summed E-state index contributed by atoms with van der Waals surface area (Å²) in [6.07, 6.45) is 0. The Morgan fingerprint density at radius 3 is 2.67 bits per heavy atom. The number of anilines is 3. The fraction of sp³-hybridized carbons (Fsp3) is 0.200. The summed E-state index contributed by atoms with van der Waals surface area (Å²) >= 11 is 5.23. The van der Waals surface area contributed by atoms with Crippen LogP contribution in [0.15, 0.2) is 28.7 Å². The van der Waals surface area contributed by atoms with Gasteiger partial charge in [0.15, 0.2) is 0 Å². The van der Waals surface area contributed by atoms with Crippen LogP contribution in [-0.4, -0.2) is 17.0 Å². The maximum absolute atomic E-state index is 4.54. The maximum Gasteiger partial charge on any atom is 0.225 e. The van der Waals surface area contributed by atoms with E-state index < -0.39 is 0 Å². The first kappa shape index (κ1) is 14.3. The van der Waals surface area contributed by atoms with Crippen molar-refractivity contribution in [3.8, 4) is 0 Å². The Hall–Kier alpha value is -1.66. The molecule has 2 heterocycles. The number of thiophene rings is 1. The van der Waals surface area contributed by atoms with E-state index in [2.05, 4.69) is 68.6 Å². The van der Waals surface area contributed by atoms with Gasteiger partial charge in [-0.25, -0.2) is 4.98 Å². The van der Waals surface area contributed by atoms with Crippen molar-refractivity contribution in [3.05, 3.63) is 39.2 Å². The lowest BCUT2D eigenvalue weighted by atomic mass is 10.2. The molecular weight excluding hydrogens is 348 g/mol. The largest absolute Gasteiger partial charge is 0.357 e. The van der Waals surface area contributed by atoms with Gasteiger partial charge in [0.25, 0.3) is 0 Å². The number of benzene rings is 1. The summed E-state index contributed by atoms with van der Waals surface area (Å²) in [7, 11) is 1.83. The van der Waals surface area contributed by atoms with Crippen molar-refractivity contribution in [2.45, 2.75) is 13.8 Å². The fourth-order valence-corrected chi connectivity index (χ4v) is 3.31. The van der Waals surface area contributed by atoms with E-state index in [0.717, 1.165) is 26.2 Å². The number of fused-ring (bicyclic) bond motifs is 1. The maximum atomic E-state index is 4.54. The van der Waals surface area contributed by atoms with Crippen LogP contribution in [0.4, 0.5) is 17.5 Å². The van der Waals surface area contributed by atoms with E-state index >= 15 is 0 Å². The molecular formula is C15H15BrN4S. The summed E-state index contributed by atoms with van der Waals surface area (Å²) in [5.41, 5.74) is 2.20. The van der Waals surface area contributed by atoms with Crippen LogP contribution >= 0.6 is 27.3 Å². The third kappa shape index (κ3) is 2.87. The molecule has 0 saturated carbocycles. The Balaban J connectivity index is 2.07. The number of nitrogens with zero attached hydrogens (tertiary/aromatic N) is 2. The van der Waals surface area contributed by atoms with Crippen molar-refractivity contribution in [2.24, 2.45) is 0 Å². The van der Waals surface area contributed by atoms with E-state index in [9.17, 15) is 0 Å². The zero-order chi connectivity index (χ0) is 15.0. The molecule has 0 aliphatic rings. The average molecular weight is 363 g/mol. The molecule has 0 bridgehead atoms. The summed E-state index contributed by atoms with van der Waals surface area (Å²) in [5, 5.41) is 7.45. The van der Waals surface area contributed by atoms with Crippen LogP contribution in [0, 0.1) is 13.8 Å². The molecule has 0 aliphatic carbocycles. The van der Waals surface area contributed by atoms with E-state index in [1.54, 1.807) is 11.3 Å². The van der Waals surface area contributed by atoms with Gasteiger partial charge in [0.1, 0.15) is 10.6 Å². The smallest absolute Gasteiger partial charge is 0.225 e. The molecule has 2 N–H and O–H groups in total. The Kier molecular flexibility index (Phi) is 3.82. The number of hydrogen-bond donors (Lipinski definition) is 2. The van der Waals surface area contributed by atoms with E-state index in [1.807, 2.05) is 13.1 Å². The molecule has 3 aromatic rings. The van der Waals surface area contributed by atoms with Crippen molar-refractivity contribution in [2.75, 3.05) is 17.7 Å². The van der Waals surface area contributed by atoms with Crippen LogP contribution in [-0.2, 0) is 0 Å². The highest BCUT2D eigenvalue weighted by Crippen LogP contribution is 2.32. The molecule has 21 heavy (non-hydrogen) atoms. The number of aromatic nitrogens is 2. The Labute approximate surface area is 135 Å². The molecule has 2 aromatic heterocycles. The number of rotatable bonds is 3. The number of halogens is 1. The lowest BCUT2D eigenvalue weighted by molar-refractivity contribution is 1.20. The number of aryl methyl sites for hydroxylation is 2. The first-order valence-corrected chi connectivity index (χ1v) is 8.17. The first-order valence-electron chi connectivity index (χ1n) is 6.56. The number of hydrogen-bond acceptors (Lipinski definition) is 5. The second kappa shape index (κ2) is 5.61. The van der Waals surface area contributed by atoms with Crippen LogP contribution in [0.3, 0.4) is 0 Å². The lowest BCUT2D eigenvalue weighted by Gasteiger charge is -2.09. The highest BCUT2D eigenvalue weighted by Gasteiger charge is 2.10. The third-order valence-corrected chi connectivity index (χ3v) is 4.97. The van der Waals surface area contributed by atoms with Crippen molar-refractivity contribution in [3.63, 3.8) is 0 Å². The fourth-order valence-electron chi connectivity index (χ4n) is 2.06. The first-order chi connectivity index (χ1) is 10.1. The van der Waals surface area contributed by atoms with E-state index in [-0.39, 0.29) is 0 Å². The van der Waals surface area contributed by atoms with Gasteiger partial charge in [0.2, 0.25) is 5.95 Å². The van der Waals surface area contributed by atoms with Gasteiger partial charge in [-0.05, 0) is 37.6 Å². The molecule has 4 nitrogen and oxygen atoms in total. The van der Waals surface area contributed by atoms with Crippen molar-refractivity contribution >= 4 is 54.9 Å². The van der Waals surface area contributed by atoms with Gasteiger partial charge < -0.3 is 10.6 Å². The lowest BCUT2D eigenvalue weighted by Crippen LogP contribution is -2.00. The minimum Gasteiger partial charge on any atom is -0.357 e. The standard InChI is InChI=1S/C15H15BrN4S/c1-8-4-5-10(7-12(8)16)18-13-11-6-9(2)21-14(11)20-15(17-3)19-13/h4-7H,1-3H3,(H2,17,18,19,20). The highest BCUT2D eigenvalue weighted by atomic mass is 79.9. The molecule has 6 heteroatoms. The molecule has 0 spiro atoms. The zero-order valence-corrected chi connectivity index (χ0v) is 14.4. The molecule has 0 unspecified atom stereocenters. The van der Waals surface area contributed by atoms with E-state index in [4.69, 9.17) is 0 Å². The van der Waals surface area contributed by atoms with Crippen LogP contribution in [0.1, 0.15) is 10.4 Å². The molecule has 0 saturated heterocycles. The predicted molar refractivity (Wildman–Crippen MR) is 93.9 cm³/mol. The van der Waals surface area contributed by atoms with Gasteiger partial charge in [-0.15, -0.1) is 11.3 Å². The summed E-state index contributed by atoms with van der Waals surface area (Å²) in [6.45, 7) is 4.15. The molecule has 0 radical (unpaired) electrons. The summed E-state index contributed by atoms with van der Waals surface area (Å²) in [5.74, 6) is 1.45. The molecule has 0 atom stereocenters. The van der Waals surface area contributed by atoms with Gasteiger partial charge in [-0.3, -0.25) is 0 Å². The molecule has 0 aliphatic heterocycles. The van der Waals surface area contributed by atoms with Crippen molar-refractivity contribution < 1.29 is 0 Å². The SMILES string of the molecule is CNc1nc(Nc2ccc(C)c(Br)c2)c2cc(C)sc2n1. The molecule has 0 amide bonds. The zero-order valence-electron chi connectivity index (χ0n) is 12.0. The second-order valence-corrected chi connectivity index (χ2v) is 6.90. The summed E-state index contributed by atoms with van der Waals surface area (Å²) in [6, 6.07) is 8.29.